The number of aryl methyl sites for hydroxylation is 1. The molecule has 1 heterocycles. The van der Waals surface area contributed by atoms with Crippen LogP contribution in [-0.2, 0) is 17.6 Å². The summed E-state index contributed by atoms with van der Waals surface area (Å²) < 4.78 is 0. The lowest BCUT2D eigenvalue weighted by Crippen LogP contribution is -2.29. The second-order valence-electron chi connectivity index (χ2n) is 8.27. The van der Waals surface area contributed by atoms with Gasteiger partial charge in [-0.1, -0.05) is 68.2 Å². The van der Waals surface area contributed by atoms with Gasteiger partial charge in [-0.2, -0.15) is 5.26 Å². The van der Waals surface area contributed by atoms with Gasteiger partial charge in [0.25, 0.3) is 0 Å². The van der Waals surface area contributed by atoms with Crippen molar-refractivity contribution in [3.05, 3.63) is 51.1 Å². The highest BCUT2D eigenvalue weighted by Crippen LogP contribution is 2.40. The summed E-state index contributed by atoms with van der Waals surface area (Å²) in [5, 5.41) is 13.7. The molecule has 1 unspecified atom stereocenters. The van der Waals surface area contributed by atoms with E-state index in [1.807, 2.05) is 6.07 Å². The van der Waals surface area contributed by atoms with Gasteiger partial charge in [-0.15, -0.1) is 0 Å². The number of carbonyl (C=O) groups excluding carboxylic acids is 1. The van der Waals surface area contributed by atoms with Crippen molar-refractivity contribution in [2.45, 2.75) is 51.5 Å². The highest BCUT2D eigenvalue weighted by atomic mass is 35.5. The van der Waals surface area contributed by atoms with Crippen molar-refractivity contribution in [2.24, 2.45) is 11.3 Å². The summed E-state index contributed by atoms with van der Waals surface area (Å²) in [5.41, 5.74) is 3.41. The Morgan fingerprint density at radius 3 is 2.70 bits per heavy atom. The van der Waals surface area contributed by atoms with Crippen molar-refractivity contribution in [3.8, 4) is 6.07 Å². The maximum absolute atomic E-state index is 12.4. The molecule has 0 aliphatic heterocycles. The SMILES string of the molecule is CCC(C)(C)C1CCc2nc(SCC(=O)Nc3c(Cl)cccc3Cl)c(C#N)cc2C1. The molecule has 0 spiro atoms. The molecular formula is C23H25Cl2N3OS. The third-order valence-corrected chi connectivity index (χ3v) is 7.68. The Kier molecular flexibility index (Phi) is 7.34. The van der Waals surface area contributed by atoms with E-state index in [2.05, 4.69) is 32.2 Å². The van der Waals surface area contributed by atoms with Crippen LogP contribution in [0.1, 0.15) is 50.4 Å². The van der Waals surface area contributed by atoms with Crippen LogP contribution in [0.3, 0.4) is 0 Å². The number of benzene rings is 1. The number of rotatable bonds is 6. The monoisotopic (exact) mass is 461 g/mol. The zero-order valence-electron chi connectivity index (χ0n) is 17.4. The molecule has 1 N–H and O–H groups in total. The number of carbonyl (C=O) groups is 1. The molecule has 0 saturated heterocycles. The summed E-state index contributed by atoms with van der Waals surface area (Å²) in [6.07, 6.45) is 4.09. The number of nitrogens with zero attached hydrogens (tertiary/aromatic N) is 2. The number of nitrogens with one attached hydrogen (secondary N) is 1. The summed E-state index contributed by atoms with van der Waals surface area (Å²) in [5.74, 6) is 0.462. The fourth-order valence-corrected chi connectivity index (χ4v) is 4.98. The van der Waals surface area contributed by atoms with E-state index in [1.54, 1.807) is 18.2 Å². The molecule has 4 nitrogen and oxygen atoms in total. The summed E-state index contributed by atoms with van der Waals surface area (Å²) in [6, 6.07) is 9.27. The molecule has 1 amide bonds. The van der Waals surface area contributed by atoms with Gasteiger partial charge in [0.1, 0.15) is 11.1 Å². The van der Waals surface area contributed by atoms with Crippen molar-refractivity contribution in [3.63, 3.8) is 0 Å². The maximum Gasteiger partial charge on any atom is 0.234 e. The van der Waals surface area contributed by atoms with Gasteiger partial charge >= 0.3 is 0 Å². The lowest BCUT2D eigenvalue weighted by molar-refractivity contribution is -0.113. The molecule has 1 aliphatic rings. The lowest BCUT2D eigenvalue weighted by Gasteiger charge is -2.37. The molecule has 0 bridgehead atoms. The fraction of sp³-hybridized carbons (Fsp3) is 0.435. The van der Waals surface area contributed by atoms with E-state index in [0.717, 1.165) is 31.4 Å². The number of anilines is 1. The summed E-state index contributed by atoms with van der Waals surface area (Å²) in [6.45, 7) is 6.86. The molecule has 0 radical (unpaired) electrons. The summed E-state index contributed by atoms with van der Waals surface area (Å²) in [4.78, 5) is 17.2. The molecule has 2 aromatic rings. The summed E-state index contributed by atoms with van der Waals surface area (Å²) >= 11 is 13.5. The third kappa shape index (κ3) is 5.11. The molecule has 1 aromatic carbocycles. The van der Waals surface area contributed by atoms with Gasteiger partial charge in [0, 0.05) is 5.69 Å². The minimum absolute atomic E-state index is 0.119. The Morgan fingerprint density at radius 1 is 1.37 bits per heavy atom. The average molecular weight is 462 g/mol. The molecule has 1 aromatic heterocycles. The molecular weight excluding hydrogens is 437 g/mol. The van der Waals surface area contributed by atoms with Crippen LogP contribution in [0.25, 0.3) is 0 Å². The van der Waals surface area contributed by atoms with Crippen LogP contribution in [0.5, 0.6) is 0 Å². The van der Waals surface area contributed by atoms with Gasteiger partial charge in [0.05, 0.1) is 27.0 Å². The summed E-state index contributed by atoms with van der Waals surface area (Å²) in [7, 11) is 0. The van der Waals surface area contributed by atoms with Gasteiger partial charge in [-0.3, -0.25) is 4.79 Å². The Labute approximate surface area is 192 Å². The zero-order valence-corrected chi connectivity index (χ0v) is 19.7. The van der Waals surface area contributed by atoms with E-state index >= 15 is 0 Å². The van der Waals surface area contributed by atoms with Gasteiger partial charge in [-0.25, -0.2) is 4.98 Å². The predicted molar refractivity (Wildman–Crippen MR) is 124 cm³/mol. The number of aromatic nitrogens is 1. The highest BCUT2D eigenvalue weighted by Gasteiger charge is 2.32. The number of fused-ring (bicyclic) bond motifs is 1. The number of amides is 1. The number of halogens is 2. The minimum atomic E-state index is -0.247. The van der Waals surface area contributed by atoms with Crippen LogP contribution >= 0.6 is 35.0 Å². The molecule has 0 fully saturated rings. The molecule has 3 rings (SSSR count). The van der Waals surface area contributed by atoms with Gasteiger partial charge < -0.3 is 5.32 Å². The first-order valence-corrected chi connectivity index (χ1v) is 11.8. The minimum Gasteiger partial charge on any atom is -0.323 e. The number of hydrogen-bond acceptors (Lipinski definition) is 4. The first-order chi connectivity index (χ1) is 14.2. The topological polar surface area (TPSA) is 65.8 Å². The maximum atomic E-state index is 12.4. The zero-order chi connectivity index (χ0) is 21.9. The molecule has 7 heteroatoms. The standard InChI is InChI=1S/C23H25Cl2N3OS/c1-4-23(2,3)16-8-9-19-14(11-16)10-15(12-26)22(27-19)30-13-20(29)28-21-17(24)6-5-7-18(21)25/h5-7,10,16H,4,8-9,11,13H2,1-3H3,(H,28,29). The van der Waals surface area contributed by atoms with E-state index in [-0.39, 0.29) is 17.1 Å². The van der Waals surface area contributed by atoms with Crippen LogP contribution in [0.15, 0.2) is 29.3 Å². The van der Waals surface area contributed by atoms with Crippen molar-refractivity contribution >= 4 is 46.6 Å². The van der Waals surface area contributed by atoms with Crippen molar-refractivity contribution in [1.29, 1.82) is 5.26 Å². The van der Waals surface area contributed by atoms with E-state index in [0.29, 0.717) is 32.2 Å². The number of pyridine rings is 1. The normalized spacial score (nSPS) is 15.9. The molecule has 30 heavy (non-hydrogen) atoms. The van der Waals surface area contributed by atoms with Crippen LogP contribution in [0, 0.1) is 22.7 Å². The lowest BCUT2D eigenvalue weighted by atomic mass is 9.69. The van der Waals surface area contributed by atoms with Gasteiger partial charge in [-0.05, 0) is 54.4 Å². The Bertz CT molecular complexity index is 980. The van der Waals surface area contributed by atoms with E-state index in [1.165, 1.54) is 17.3 Å². The third-order valence-electron chi connectivity index (χ3n) is 6.06. The first kappa shape index (κ1) is 22.9. The van der Waals surface area contributed by atoms with Crippen LogP contribution in [-0.4, -0.2) is 16.6 Å². The molecule has 1 aliphatic carbocycles. The number of hydrogen-bond donors (Lipinski definition) is 1. The number of para-hydroxylation sites is 1. The van der Waals surface area contributed by atoms with Gasteiger partial charge in [0.15, 0.2) is 0 Å². The van der Waals surface area contributed by atoms with E-state index < -0.39 is 0 Å². The van der Waals surface area contributed by atoms with Gasteiger partial charge in [0.2, 0.25) is 5.91 Å². The van der Waals surface area contributed by atoms with Crippen LogP contribution in [0.2, 0.25) is 10.0 Å². The predicted octanol–water partition coefficient (Wildman–Crippen LogP) is 6.53. The van der Waals surface area contributed by atoms with Crippen molar-refractivity contribution in [2.75, 3.05) is 11.1 Å². The van der Waals surface area contributed by atoms with Crippen LogP contribution < -0.4 is 5.32 Å². The second-order valence-corrected chi connectivity index (χ2v) is 10.1. The second kappa shape index (κ2) is 9.60. The smallest absolute Gasteiger partial charge is 0.234 e. The first-order valence-electron chi connectivity index (χ1n) is 10.0. The van der Waals surface area contributed by atoms with E-state index in [4.69, 9.17) is 28.2 Å². The Hall–Kier alpha value is -1.74. The van der Waals surface area contributed by atoms with Crippen molar-refractivity contribution < 1.29 is 4.79 Å². The molecule has 0 saturated carbocycles. The molecule has 158 valence electrons. The van der Waals surface area contributed by atoms with Crippen LogP contribution in [0.4, 0.5) is 5.69 Å². The van der Waals surface area contributed by atoms with E-state index in [9.17, 15) is 10.1 Å². The fourth-order valence-electron chi connectivity index (χ4n) is 3.72. The number of nitriles is 1. The highest BCUT2D eigenvalue weighted by molar-refractivity contribution is 8.00. The quantitative estimate of drug-likeness (QED) is 0.496. The Balaban J connectivity index is 1.72. The van der Waals surface area contributed by atoms with Crippen molar-refractivity contribution in [1.82, 2.24) is 4.98 Å². The largest absolute Gasteiger partial charge is 0.323 e. The number of thioether (sulfide) groups is 1. The molecule has 1 atom stereocenters. The Morgan fingerprint density at radius 2 is 2.07 bits per heavy atom. The average Bonchev–Trinajstić information content (AvgIpc) is 2.73.